The number of hydrogen-bond donors (Lipinski definition) is 6. The SMILES string of the molecule is CN1CC(=O)N=C1N.O.O=S(=O)(O)O.[2H]C([2H])(N)C([2H])([2H])c1c[nH]c2ccc(O)cc12. The Kier molecular flexibility index (Phi) is 6.84. The Labute approximate surface area is 161 Å². The van der Waals surface area contributed by atoms with Gasteiger partial charge in [-0.05, 0) is 36.6 Å². The second kappa shape index (κ2) is 10.4. The molecule has 0 spiro atoms. The highest BCUT2D eigenvalue weighted by Crippen LogP contribution is 2.22. The maximum absolute atomic E-state index is 10.4. The van der Waals surface area contributed by atoms with Crippen molar-refractivity contribution in [3.05, 3.63) is 30.0 Å². The van der Waals surface area contributed by atoms with Crippen molar-refractivity contribution in [3.8, 4) is 5.75 Å². The topological polar surface area (TPSA) is 227 Å². The number of aromatic amines is 1. The van der Waals surface area contributed by atoms with Gasteiger partial charge in [-0.1, -0.05) is 0 Å². The van der Waals surface area contributed by atoms with Crippen LogP contribution in [0.15, 0.2) is 29.4 Å². The zero-order valence-corrected chi connectivity index (χ0v) is 14.9. The van der Waals surface area contributed by atoms with Crippen LogP contribution in [0, 0.1) is 0 Å². The van der Waals surface area contributed by atoms with Crippen molar-refractivity contribution >= 4 is 33.2 Å². The van der Waals surface area contributed by atoms with Gasteiger partial charge < -0.3 is 31.9 Å². The predicted octanol–water partition coefficient (Wildman–Crippen LogP) is -1.33. The van der Waals surface area contributed by atoms with Gasteiger partial charge in [-0.25, -0.2) is 0 Å². The third-order valence-corrected chi connectivity index (χ3v) is 2.87. The summed E-state index contributed by atoms with van der Waals surface area (Å²) in [5.41, 5.74) is 11.1. The van der Waals surface area contributed by atoms with Gasteiger partial charge in [-0.3, -0.25) is 13.9 Å². The first kappa shape index (κ1) is 17.7. The van der Waals surface area contributed by atoms with Crippen molar-refractivity contribution in [2.75, 3.05) is 20.1 Å². The van der Waals surface area contributed by atoms with Crippen molar-refractivity contribution in [1.82, 2.24) is 9.88 Å². The third-order valence-electron chi connectivity index (χ3n) is 2.87. The summed E-state index contributed by atoms with van der Waals surface area (Å²) < 4.78 is 61.8. The third kappa shape index (κ3) is 8.98. The van der Waals surface area contributed by atoms with E-state index in [0.717, 1.165) is 0 Å². The number of fused-ring (bicyclic) bond motifs is 1. The number of carbonyl (C=O) groups excluding carboxylic acids is 1. The smallest absolute Gasteiger partial charge is 0.394 e. The number of benzene rings is 1. The molecule has 152 valence electrons. The van der Waals surface area contributed by atoms with Gasteiger partial charge in [0.25, 0.3) is 5.91 Å². The number of rotatable bonds is 2. The minimum atomic E-state index is -4.67. The van der Waals surface area contributed by atoms with E-state index in [4.69, 9.17) is 34.5 Å². The number of H-pyrrole nitrogens is 1. The molecule has 0 aliphatic carbocycles. The Morgan fingerprint density at radius 3 is 2.41 bits per heavy atom. The van der Waals surface area contributed by atoms with Crippen LogP contribution in [-0.2, 0) is 21.6 Å². The quantitative estimate of drug-likeness (QED) is 0.322. The molecular weight excluding hydrogens is 382 g/mol. The number of phenolic OH excluding ortho intramolecular Hbond substituents is 1. The lowest BCUT2D eigenvalue weighted by Crippen LogP contribution is -2.29. The molecule has 1 aromatic heterocycles. The van der Waals surface area contributed by atoms with E-state index in [2.05, 4.69) is 9.98 Å². The number of aromatic hydroxyl groups is 1. The predicted molar refractivity (Wildman–Crippen MR) is 99.8 cm³/mol. The highest BCUT2D eigenvalue weighted by Gasteiger charge is 2.15. The second-order valence-corrected chi connectivity index (χ2v) is 5.76. The Morgan fingerprint density at radius 2 is 2.00 bits per heavy atom. The van der Waals surface area contributed by atoms with Crippen molar-refractivity contribution in [2.45, 2.75) is 6.37 Å². The minimum Gasteiger partial charge on any atom is -0.508 e. The van der Waals surface area contributed by atoms with Crippen LogP contribution in [-0.4, -0.2) is 69.9 Å². The molecule has 10 N–H and O–H groups in total. The number of amides is 1. The van der Waals surface area contributed by atoms with Crippen LogP contribution in [0.5, 0.6) is 5.75 Å². The maximum atomic E-state index is 10.4. The zero-order chi connectivity index (χ0) is 23.5. The van der Waals surface area contributed by atoms with E-state index in [1.807, 2.05) is 0 Å². The number of guanidine groups is 1. The average Bonchev–Trinajstić information content (AvgIpc) is 3.07. The summed E-state index contributed by atoms with van der Waals surface area (Å²) in [6, 6.07) is 4.44. The molecule has 0 bridgehead atoms. The summed E-state index contributed by atoms with van der Waals surface area (Å²) in [7, 11) is -2.94. The molecule has 0 unspecified atom stereocenters. The summed E-state index contributed by atoms with van der Waals surface area (Å²) in [6.45, 7) is -2.18. The lowest BCUT2D eigenvalue weighted by atomic mass is 10.1. The van der Waals surface area contributed by atoms with Gasteiger partial charge in [0, 0.05) is 29.6 Å². The van der Waals surface area contributed by atoms with E-state index in [1.165, 1.54) is 18.3 Å². The molecule has 1 aliphatic rings. The zero-order valence-electron chi connectivity index (χ0n) is 18.0. The number of aromatic nitrogens is 1. The summed E-state index contributed by atoms with van der Waals surface area (Å²) in [5.74, 6) is 0.145. The highest BCUT2D eigenvalue weighted by molar-refractivity contribution is 7.79. The minimum absolute atomic E-state index is 0. The number of nitrogens with two attached hydrogens (primary N) is 2. The fraction of sp³-hybridized carbons (Fsp3) is 0.286. The number of likely N-dealkylation sites (N-methyl/N-ethyl adjacent to an activating group) is 1. The monoisotopic (exact) mass is 409 g/mol. The van der Waals surface area contributed by atoms with Gasteiger partial charge in [0.2, 0.25) is 0 Å². The Bertz CT molecular complexity index is 1040. The second-order valence-electron chi connectivity index (χ2n) is 4.87. The average molecular weight is 409 g/mol. The molecule has 0 radical (unpaired) electrons. The first-order chi connectivity index (χ1) is 13.4. The maximum Gasteiger partial charge on any atom is 0.394 e. The van der Waals surface area contributed by atoms with Gasteiger partial charge >= 0.3 is 10.4 Å². The molecule has 12 nitrogen and oxygen atoms in total. The van der Waals surface area contributed by atoms with E-state index < -0.39 is 23.3 Å². The first-order valence-electron chi connectivity index (χ1n) is 8.81. The molecule has 1 aromatic carbocycles. The molecule has 0 fully saturated rings. The van der Waals surface area contributed by atoms with E-state index >= 15 is 0 Å². The van der Waals surface area contributed by atoms with Gasteiger partial charge in [-0.2, -0.15) is 13.4 Å². The van der Waals surface area contributed by atoms with Gasteiger partial charge in [0.15, 0.2) is 5.96 Å². The number of aryl methyl sites for hydroxylation is 1. The van der Waals surface area contributed by atoms with Crippen molar-refractivity contribution in [1.29, 1.82) is 0 Å². The standard InChI is InChI=1S/C10H12N2O.C4H7N3O.H2O4S.H2O/c11-4-3-7-6-12-10-2-1-8(13)5-9(7)10;1-7-2-3(8)6-4(7)5;1-5(2,3)4;/h1-2,5-6,12-13H,3-4,11H2;2H2,1H3,(H2,5,6,8);(H2,1,2,3,4);1H2/i3D2,4D2;;;. The van der Waals surface area contributed by atoms with E-state index in [9.17, 15) is 9.90 Å². The number of nitrogens with one attached hydrogen (secondary N) is 1. The number of hydrogen-bond acceptors (Lipinski definition) is 7. The van der Waals surface area contributed by atoms with Crippen LogP contribution in [0.3, 0.4) is 0 Å². The van der Waals surface area contributed by atoms with Gasteiger partial charge in [0.1, 0.15) is 12.3 Å². The molecule has 2 heterocycles. The van der Waals surface area contributed by atoms with Crippen molar-refractivity contribution < 1.29 is 38.4 Å². The van der Waals surface area contributed by atoms with Crippen LogP contribution in [0.2, 0.25) is 0 Å². The number of phenols is 1. The largest absolute Gasteiger partial charge is 0.508 e. The lowest BCUT2D eigenvalue weighted by Gasteiger charge is -2.05. The molecule has 3 rings (SSSR count). The molecular formula is C14H23N5O7S. The fourth-order valence-electron chi connectivity index (χ4n) is 1.82. The van der Waals surface area contributed by atoms with Crippen LogP contribution in [0.1, 0.15) is 11.0 Å². The summed E-state index contributed by atoms with van der Waals surface area (Å²) in [5, 5.41) is 9.80. The van der Waals surface area contributed by atoms with E-state index in [0.29, 0.717) is 23.4 Å². The molecule has 27 heavy (non-hydrogen) atoms. The van der Waals surface area contributed by atoms with Crippen molar-refractivity contribution in [3.63, 3.8) is 0 Å². The molecule has 2 aromatic rings. The normalized spacial score (nSPS) is 16.4. The van der Waals surface area contributed by atoms with Crippen LogP contribution < -0.4 is 11.5 Å². The molecule has 0 saturated carbocycles. The molecule has 1 aliphatic heterocycles. The van der Waals surface area contributed by atoms with Gasteiger partial charge in [0.05, 0.1) is 0 Å². The number of nitrogens with zero attached hydrogens (tertiary/aromatic N) is 2. The Morgan fingerprint density at radius 1 is 1.41 bits per heavy atom. The summed E-state index contributed by atoms with van der Waals surface area (Å²) >= 11 is 0. The first-order valence-corrected chi connectivity index (χ1v) is 8.20. The molecule has 0 atom stereocenters. The van der Waals surface area contributed by atoms with E-state index in [1.54, 1.807) is 18.0 Å². The van der Waals surface area contributed by atoms with Crippen molar-refractivity contribution in [2.24, 2.45) is 16.5 Å². The lowest BCUT2D eigenvalue weighted by molar-refractivity contribution is -0.116. The number of carbonyl (C=O) groups is 1. The molecule has 0 saturated heterocycles. The van der Waals surface area contributed by atoms with Crippen LogP contribution in [0.25, 0.3) is 10.9 Å². The number of aliphatic imine (C=N–C) groups is 1. The molecule has 13 heteroatoms. The molecule has 1 amide bonds. The van der Waals surface area contributed by atoms with Gasteiger partial charge in [-0.15, -0.1) is 0 Å². The summed E-state index contributed by atoms with van der Waals surface area (Å²) in [4.78, 5) is 18.2. The summed E-state index contributed by atoms with van der Waals surface area (Å²) in [6.07, 6.45) is -0.978. The van der Waals surface area contributed by atoms with Crippen LogP contribution in [0.4, 0.5) is 0 Å². The Hall–Kier alpha value is -2.71. The fourth-order valence-corrected chi connectivity index (χ4v) is 1.82. The Balaban J connectivity index is 0.000000536. The van der Waals surface area contributed by atoms with E-state index in [-0.39, 0.29) is 22.7 Å². The highest BCUT2D eigenvalue weighted by atomic mass is 32.3. The van der Waals surface area contributed by atoms with Crippen LogP contribution >= 0.6 is 0 Å².